The lowest BCUT2D eigenvalue weighted by Crippen LogP contribution is -2.51. The zero-order valence-corrected chi connectivity index (χ0v) is 16.7. The third kappa shape index (κ3) is 3.17. The highest BCUT2D eigenvalue weighted by Crippen LogP contribution is 2.44. The van der Waals surface area contributed by atoms with Gasteiger partial charge in [0, 0.05) is 12.5 Å². The summed E-state index contributed by atoms with van der Waals surface area (Å²) in [5.41, 5.74) is 2.99. The zero-order chi connectivity index (χ0) is 21.1. The zero-order valence-electron chi connectivity index (χ0n) is 16.7. The maximum Gasteiger partial charge on any atom is 0.329 e. The number of likely N-dealkylation sites (N-methyl/N-ethyl adjacent to an activating group) is 1. The molecule has 5 heteroatoms. The molecule has 0 aromatic heterocycles. The minimum absolute atomic E-state index is 0.0664. The van der Waals surface area contributed by atoms with Crippen molar-refractivity contribution < 1.29 is 19.4 Å². The second-order valence-corrected chi connectivity index (χ2v) is 7.43. The van der Waals surface area contributed by atoms with Gasteiger partial charge in [-0.1, -0.05) is 78.9 Å². The third-order valence-electron chi connectivity index (χ3n) is 5.77. The molecule has 0 radical (unpaired) electrons. The van der Waals surface area contributed by atoms with Crippen LogP contribution in [0.1, 0.15) is 22.6 Å². The van der Waals surface area contributed by atoms with E-state index >= 15 is 0 Å². The van der Waals surface area contributed by atoms with Crippen LogP contribution >= 0.6 is 0 Å². The van der Waals surface area contributed by atoms with Gasteiger partial charge < -0.3 is 15.2 Å². The fourth-order valence-corrected chi connectivity index (χ4v) is 4.29. The smallest absolute Gasteiger partial charge is 0.329 e. The minimum Gasteiger partial charge on any atom is -0.480 e. The number of rotatable bonds is 7. The lowest BCUT2D eigenvalue weighted by molar-refractivity contribution is -0.161. The molecule has 3 aromatic carbocycles. The monoisotopic (exact) mass is 401 g/mol. The predicted octanol–water partition coefficient (Wildman–Crippen LogP) is 3.58. The number of carboxylic acids is 1. The largest absolute Gasteiger partial charge is 0.480 e. The van der Waals surface area contributed by atoms with Gasteiger partial charge in [-0.25, -0.2) is 0 Å². The molecule has 30 heavy (non-hydrogen) atoms. The number of nitrogens with one attached hydrogen (secondary N) is 1. The average molecular weight is 401 g/mol. The molecular formula is C25H23NO4. The Kier molecular flexibility index (Phi) is 5.38. The fraction of sp³-hybridized carbons (Fsp3) is 0.200. The molecule has 3 aromatic rings. The molecular weight excluding hydrogens is 378 g/mol. The Morgan fingerprint density at radius 1 is 0.900 bits per heavy atom. The fourth-order valence-electron chi connectivity index (χ4n) is 4.29. The summed E-state index contributed by atoms with van der Waals surface area (Å²) in [5, 5.41) is 12.9. The van der Waals surface area contributed by atoms with Crippen LogP contribution in [-0.4, -0.2) is 37.2 Å². The van der Waals surface area contributed by atoms with E-state index in [0.717, 1.165) is 22.3 Å². The highest BCUT2D eigenvalue weighted by Gasteiger charge is 2.49. The number of hydrogen-bond acceptors (Lipinski definition) is 4. The van der Waals surface area contributed by atoms with E-state index in [1.54, 1.807) is 37.4 Å². The first kappa shape index (κ1) is 19.9. The van der Waals surface area contributed by atoms with Crippen LogP contribution in [0.2, 0.25) is 0 Å². The number of esters is 1. The van der Waals surface area contributed by atoms with Crippen LogP contribution in [0.3, 0.4) is 0 Å². The van der Waals surface area contributed by atoms with Crippen molar-refractivity contribution in [3.8, 4) is 11.1 Å². The number of carboxylic acid groups (broad SMARTS) is 1. The van der Waals surface area contributed by atoms with E-state index in [4.69, 9.17) is 4.74 Å². The average Bonchev–Trinajstić information content (AvgIpc) is 3.10. The third-order valence-corrected chi connectivity index (χ3v) is 5.77. The van der Waals surface area contributed by atoms with Crippen molar-refractivity contribution in [1.82, 2.24) is 5.32 Å². The van der Waals surface area contributed by atoms with Crippen molar-refractivity contribution in [2.75, 3.05) is 20.2 Å². The van der Waals surface area contributed by atoms with Gasteiger partial charge in [-0.05, 0) is 34.9 Å². The quantitative estimate of drug-likeness (QED) is 0.468. The molecule has 1 atom stereocenters. The molecule has 0 bridgehead atoms. The van der Waals surface area contributed by atoms with Gasteiger partial charge in [0.05, 0.1) is 0 Å². The minimum atomic E-state index is -1.81. The maximum atomic E-state index is 13.2. The van der Waals surface area contributed by atoms with Crippen molar-refractivity contribution in [3.05, 3.63) is 95.6 Å². The van der Waals surface area contributed by atoms with Crippen LogP contribution in [0.4, 0.5) is 0 Å². The van der Waals surface area contributed by atoms with Crippen molar-refractivity contribution in [1.29, 1.82) is 0 Å². The van der Waals surface area contributed by atoms with Gasteiger partial charge in [0.15, 0.2) is 0 Å². The molecule has 0 spiro atoms. The first-order chi connectivity index (χ1) is 14.6. The summed E-state index contributed by atoms with van der Waals surface area (Å²) in [6.07, 6.45) is 0. The number of fused-ring (bicyclic) bond motifs is 3. The molecule has 0 heterocycles. The van der Waals surface area contributed by atoms with E-state index < -0.39 is 17.4 Å². The van der Waals surface area contributed by atoms with Gasteiger partial charge in [0.25, 0.3) is 0 Å². The number of benzene rings is 3. The number of ether oxygens (including phenoxy) is 1. The van der Waals surface area contributed by atoms with Crippen LogP contribution in [0.5, 0.6) is 0 Å². The molecule has 0 saturated carbocycles. The Hall–Kier alpha value is -3.44. The molecule has 0 aliphatic heterocycles. The van der Waals surface area contributed by atoms with Crippen molar-refractivity contribution in [2.45, 2.75) is 11.3 Å². The van der Waals surface area contributed by atoms with Crippen molar-refractivity contribution in [3.63, 3.8) is 0 Å². The topological polar surface area (TPSA) is 75.6 Å². The second kappa shape index (κ2) is 8.13. The van der Waals surface area contributed by atoms with Crippen LogP contribution in [0.15, 0.2) is 78.9 Å². The molecule has 1 aliphatic rings. The van der Waals surface area contributed by atoms with Gasteiger partial charge in [-0.2, -0.15) is 0 Å². The SMILES string of the molecule is CNC[C@@](C(=O)O)(C(=O)OCC1c2ccccc2-c2ccccc21)c1ccccc1. The Morgan fingerprint density at radius 2 is 1.43 bits per heavy atom. The van der Waals surface area contributed by atoms with Crippen molar-refractivity contribution >= 4 is 11.9 Å². The Balaban J connectivity index is 1.66. The van der Waals surface area contributed by atoms with E-state index in [1.807, 2.05) is 36.4 Å². The Morgan fingerprint density at radius 3 is 1.97 bits per heavy atom. The lowest BCUT2D eigenvalue weighted by Gasteiger charge is -2.28. The summed E-state index contributed by atoms with van der Waals surface area (Å²) < 4.78 is 5.71. The van der Waals surface area contributed by atoms with Gasteiger partial charge in [-0.15, -0.1) is 0 Å². The van der Waals surface area contributed by atoms with Gasteiger partial charge >= 0.3 is 11.9 Å². The molecule has 152 valence electrons. The number of carbonyl (C=O) groups is 2. The maximum absolute atomic E-state index is 13.2. The summed E-state index contributed by atoms with van der Waals surface area (Å²) in [6, 6.07) is 24.6. The summed E-state index contributed by atoms with van der Waals surface area (Å²) >= 11 is 0. The molecule has 4 rings (SSSR count). The molecule has 0 fully saturated rings. The first-order valence-electron chi connectivity index (χ1n) is 9.88. The van der Waals surface area contributed by atoms with Crippen LogP contribution in [0.25, 0.3) is 11.1 Å². The number of carbonyl (C=O) groups excluding carboxylic acids is 1. The predicted molar refractivity (Wildman–Crippen MR) is 114 cm³/mol. The molecule has 0 saturated heterocycles. The molecule has 5 nitrogen and oxygen atoms in total. The summed E-state index contributed by atoms with van der Waals surface area (Å²) in [4.78, 5) is 25.5. The Labute approximate surface area is 175 Å². The molecule has 1 aliphatic carbocycles. The van der Waals surface area contributed by atoms with Gasteiger partial charge in [0.2, 0.25) is 5.41 Å². The molecule has 2 N–H and O–H groups in total. The highest BCUT2D eigenvalue weighted by atomic mass is 16.5. The summed E-state index contributed by atoms with van der Waals surface area (Å²) in [6.45, 7) is 0.0153. The highest BCUT2D eigenvalue weighted by molar-refractivity contribution is 6.06. The van der Waals surface area contributed by atoms with Crippen LogP contribution < -0.4 is 5.32 Å². The van der Waals surface area contributed by atoms with Crippen molar-refractivity contribution in [2.24, 2.45) is 0 Å². The Bertz CT molecular complexity index is 1030. The van der Waals surface area contributed by atoms with Gasteiger partial charge in [-0.3, -0.25) is 9.59 Å². The summed E-state index contributed by atoms with van der Waals surface area (Å²) in [5.74, 6) is -2.13. The number of aliphatic carboxylic acids is 1. The van der Waals surface area contributed by atoms with E-state index in [9.17, 15) is 14.7 Å². The normalized spacial score (nSPS) is 14.4. The van der Waals surface area contributed by atoms with Crippen LogP contribution in [-0.2, 0) is 19.7 Å². The first-order valence-corrected chi connectivity index (χ1v) is 9.88. The second-order valence-electron chi connectivity index (χ2n) is 7.43. The molecule has 0 amide bonds. The van der Waals surface area contributed by atoms with Crippen LogP contribution in [0, 0.1) is 0 Å². The lowest BCUT2D eigenvalue weighted by atomic mass is 9.80. The molecule has 0 unspecified atom stereocenters. The standard InChI is InChI=1S/C25H23NO4/c1-26-16-25(23(27)28,17-9-3-2-4-10-17)24(29)30-15-22-20-13-7-5-11-18(20)19-12-6-8-14-21(19)22/h2-14,22,26H,15-16H2,1H3,(H,27,28)/t25-/m1/s1. The van der Waals surface area contributed by atoms with E-state index in [2.05, 4.69) is 17.4 Å². The van der Waals surface area contributed by atoms with E-state index in [1.165, 1.54) is 0 Å². The van der Waals surface area contributed by atoms with E-state index in [-0.39, 0.29) is 19.1 Å². The number of hydrogen-bond donors (Lipinski definition) is 2. The van der Waals surface area contributed by atoms with Gasteiger partial charge in [0.1, 0.15) is 6.61 Å². The summed E-state index contributed by atoms with van der Waals surface area (Å²) in [7, 11) is 1.62. The van der Waals surface area contributed by atoms with E-state index in [0.29, 0.717) is 5.56 Å².